The number of nitrogens with one attached hydrogen (secondary N) is 2. The van der Waals surface area contributed by atoms with E-state index in [1.807, 2.05) is 19.1 Å². The minimum atomic E-state index is -4.71. The van der Waals surface area contributed by atoms with E-state index in [9.17, 15) is 31.5 Å². The highest BCUT2D eigenvalue weighted by atomic mass is 32.2. The molecule has 2 aromatic heterocycles. The molecule has 0 unspecified atom stereocenters. The van der Waals surface area contributed by atoms with Crippen LogP contribution < -0.4 is 10.0 Å². The molecule has 4 rings (SSSR count). The Morgan fingerprint density at radius 2 is 1.62 bits per heavy atom. The zero-order chi connectivity index (χ0) is 28.5. The van der Waals surface area contributed by atoms with Crippen molar-refractivity contribution in [3.63, 3.8) is 0 Å². The van der Waals surface area contributed by atoms with E-state index >= 15 is 0 Å². The second-order valence-corrected chi connectivity index (χ2v) is 11.1. The summed E-state index contributed by atoms with van der Waals surface area (Å²) < 4.78 is 69.7. The fourth-order valence-electron chi connectivity index (χ4n) is 4.64. The Bertz CT molecular complexity index is 1530. The molecule has 0 aliphatic heterocycles. The number of nitrogens with zero attached hydrogens (tertiary/aromatic N) is 2. The molecule has 0 spiro atoms. The van der Waals surface area contributed by atoms with Crippen LogP contribution in [0.5, 0.6) is 0 Å². The predicted molar refractivity (Wildman–Crippen MR) is 140 cm³/mol. The summed E-state index contributed by atoms with van der Waals surface area (Å²) in [5, 5.41) is 12.4. The van der Waals surface area contributed by atoms with Gasteiger partial charge in [-0.15, -0.1) is 0 Å². The lowest BCUT2D eigenvalue weighted by Gasteiger charge is -2.35. The lowest BCUT2D eigenvalue weighted by Crippen LogP contribution is -2.44. The first-order valence-corrected chi connectivity index (χ1v) is 13.6. The van der Waals surface area contributed by atoms with Crippen molar-refractivity contribution in [2.24, 2.45) is 17.8 Å². The van der Waals surface area contributed by atoms with Gasteiger partial charge in [0.2, 0.25) is 0 Å². The van der Waals surface area contributed by atoms with Crippen LogP contribution in [0.15, 0.2) is 71.8 Å². The van der Waals surface area contributed by atoms with Crippen molar-refractivity contribution >= 4 is 27.6 Å². The highest BCUT2D eigenvalue weighted by Gasteiger charge is 2.38. The topological polar surface area (TPSA) is 121 Å². The maximum absolute atomic E-state index is 13.7. The second-order valence-electron chi connectivity index (χ2n) is 9.51. The van der Waals surface area contributed by atoms with E-state index < -0.39 is 50.4 Å². The Labute approximate surface area is 224 Å². The van der Waals surface area contributed by atoms with E-state index in [1.54, 1.807) is 32.0 Å². The van der Waals surface area contributed by atoms with Gasteiger partial charge in [-0.2, -0.15) is 21.6 Å². The number of carboxylic acid groups (broad SMARTS) is 1. The summed E-state index contributed by atoms with van der Waals surface area (Å²) >= 11 is 0. The molecule has 1 aliphatic carbocycles. The van der Waals surface area contributed by atoms with E-state index in [0.717, 1.165) is 12.1 Å². The van der Waals surface area contributed by atoms with E-state index in [1.165, 1.54) is 24.3 Å². The van der Waals surface area contributed by atoms with Gasteiger partial charge in [-0.1, -0.05) is 56.3 Å². The van der Waals surface area contributed by atoms with Crippen LogP contribution in [0.25, 0.3) is 11.3 Å². The van der Waals surface area contributed by atoms with E-state index in [2.05, 4.69) is 20.0 Å². The van der Waals surface area contributed by atoms with Gasteiger partial charge in [-0.25, -0.2) is 9.97 Å². The molecule has 4 atom stereocenters. The molecule has 0 saturated carbocycles. The number of benzene rings is 1. The number of carboxylic acids is 1. The highest BCUT2D eigenvalue weighted by molar-refractivity contribution is 7.92. The van der Waals surface area contributed by atoms with Crippen LogP contribution in [0.4, 0.5) is 24.8 Å². The van der Waals surface area contributed by atoms with Crippen LogP contribution >= 0.6 is 0 Å². The molecular weight excluding hydrogens is 533 g/mol. The number of anilines is 2. The lowest BCUT2D eigenvalue weighted by atomic mass is 9.76. The van der Waals surface area contributed by atoms with Crippen LogP contribution in [0.3, 0.4) is 0 Å². The molecule has 0 amide bonds. The zero-order valence-electron chi connectivity index (χ0n) is 21.3. The molecule has 2 heterocycles. The SMILES string of the molecule is Cc1ccccc1-c1nc(NS(=O)(=O)c2cccc(N[C@@H]3[C@H](C(=O)O)[C@@H](C)C=C[C@H]3C)n2)ccc1C(F)(F)F. The molecule has 12 heteroatoms. The number of rotatable bonds is 7. The summed E-state index contributed by atoms with van der Waals surface area (Å²) in [6.45, 7) is 5.27. The third kappa shape index (κ3) is 6.06. The van der Waals surface area contributed by atoms with Crippen molar-refractivity contribution < 1.29 is 31.5 Å². The van der Waals surface area contributed by atoms with E-state index in [4.69, 9.17) is 0 Å². The fraction of sp³-hybridized carbons (Fsp3) is 0.296. The van der Waals surface area contributed by atoms with E-state index in [0.29, 0.717) is 5.56 Å². The Morgan fingerprint density at radius 1 is 0.923 bits per heavy atom. The van der Waals surface area contributed by atoms with Gasteiger partial charge in [-0.3, -0.25) is 9.52 Å². The maximum Gasteiger partial charge on any atom is 0.418 e. The number of aromatic nitrogens is 2. The number of hydrogen-bond acceptors (Lipinski definition) is 6. The van der Waals surface area contributed by atoms with Crippen molar-refractivity contribution in [3.05, 3.63) is 77.9 Å². The van der Waals surface area contributed by atoms with Gasteiger partial charge in [0.1, 0.15) is 11.6 Å². The number of sulfonamides is 1. The minimum absolute atomic E-state index is 0.143. The summed E-state index contributed by atoms with van der Waals surface area (Å²) in [5.41, 5.74) is -0.649. The molecule has 39 heavy (non-hydrogen) atoms. The summed E-state index contributed by atoms with van der Waals surface area (Å²) in [6.07, 6.45) is -0.977. The van der Waals surface area contributed by atoms with Crippen LogP contribution in [0.1, 0.15) is 25.0 Å². The molecule has 1 aliphatic rings. The van der Waals surface area contributed by atoms with Crippen LogP contribution in [0.2, 0.25) is 0 Å². The van der Waals surface area contributed by atoms with Gasteiger partial charge in [0.05, 0.1) is 17.2 Å². The van der Waals surface area contributed by atoms with E-state index in [-0.39, 0.29) is 29.0 Å². The van der Waals surface area contributed by atoms with Crippen molar-refractivity contribution in [2.75, 3.05) is 10.0 Å². The molecule has 0 bridgehead atoms. The van der Waals surface area contributed by atoms with Gasteiger partial charge >= 0.3 is 12.1 Å². The van der Waals surface area contributed by atoms with Crippen molar-refractivity contribution in [1.82, 2.24) is 9.97 Å². The summed E-state index contributed by atoms with van der Waals surface area (Å²) in [6, 6.07) is 11.7. The van der Waals surface area contributed by atoms with Gasteiger partial charge in [0.15, 0.2) is 5.03 Å². The summed E-state index contributed by atoms with van der Waals surface area (Å²) in [4.78, 5) is 20.1. The number of aliphatic carboxylic acids is 1. The first kappa shape index (κ1) is 28.1. The molecule has 206 valence electrons. The molecule has 0 radical (unpaired) electrons. The number of carbonyl (C=O) groups is 1. The van der Waals surface area contributed by atoms with Gasteiger partial charge in [-0.05, 0) is 48.6 Å². The van der Waals surface area contributed by atoms with Crippen molar-refractivity contribution in [3.8, 4) is 11.3 Å². The highest BCUT2D eigenvalue weighted by Crippen LogP contribution is 2.38. The Hall–Kier alpha value is -3.93. The largest absolute Gasteiger partial charge is 0.481 e. The van der Waals surface area contributed by atoms with Crippen LogP contribution in [-0.4, -0.2) is 35.5 Å². The number of halogens is 3. The van der Waals surface area contributed by atoms with Crippen LogP contribution in [0, 0.1) is 24.7 Å². The number of aryl methyl sites for hydroxylation is 1. The smallest absolute Gasteiger partial charge is 0.418 e. The third-order valence-electron chi connectivity index (χ3n) is 6.68. The lowest BCUT2D eigenvalue weighted by molar-refractivity contribution is -0.144. The van der Waals surface area contributed by atoms with Crippen molar-refractivity contribution in [1.29, 1.82) is 0 Å². The minimum Gasteiger partial charge on any atom is -0.481 e. The monoisotopic (exact) mass is 560 g/mol. The molecule has 3 aromatic rings. The number of allylic oxidation sites excluding steroid dienone is 1. The molecule has 0 saturated heterocycles. The number of pyridine rings is 2. The van der Waals surface area contributed by atoms with Gasteiger partial charge in [0.25, 0.3) is 10.0 Å². The second kappa shape index (κ2) is 10.7. The first-order valence-electron chi connectivity index (χ1n) is 12.1. The van der Waals surface area contributed by atoms with Crippen LogP contribution in [-0.2, 0) is 21.0 Å². The summed E-state index contributed by atoms with van der Waals surface area (Å²) in [7, 11) is -4.36. The molecular formula is C27H27F3N4O4S. The fourth-order valence-corrected chi connectivity index (χ4v) is 5.61. The molecule has 3 N–H and O–H groups in total. The zero-order valence-corrected chi connectivity index (χ0v) is 22.1. The maximum atomic E-state index is 13.7. The molecule has 0 fully saturated rings. The van der Waals surface area contributed by atoms with Gasteiger partial charge < -0.3 is 10.4 Å². The number of alkyl halides is 3. The molecule has 8 nitrogen and oxygen atoms in total. The Morgan fingerprint density at radius 3 is 2.28 bits per heavy atom. The Balaban J connectivity index is 1.65. The normalized spacial score (nSPS) is 21.4. The quantitative estimate of drug-likeness (QED) is 0.322. The predicted octanol–water partition coefficient (Wildman–Crippen LogP) is 5.59. The average Bonchev–Trinajstić information content (AvgIpc) is 2.85. The van der Waals surface area contributed by atoms with Gasteiger partial charge in [0, 0.05) is 11.6 Å². The first-order chi connectivity index (χ1) is 18.3. The number of hydrogen-bond donors (Lipinski definition) is 3. The Kier molecular flexibility index (Phi) is 7.69. The van der Waals surface area contributed by atoms with Crippen molar-refractivity contribution in [2.45, 2.75) is 38.0 Å². The third-order valence-corrected chi connectivity index (χ3v) is 7.93. The average molecular weight is 561 g/mol. The summed E-state index contributed by atoms with van der Waals surface area (Å²) in [5.74, 6) is -2.34. The molecule has 1 aromatic carbocycles. The standard InChI is InChI=1S/C27H27F3N4O4S/c1-15-7-4-5-8-18(15)25-19(27(28,29)30)13-14-21(33-25)34-39(37,38)22-10-6-9-20(31-22)32-24-17(3)12-11-16(2)23(24)26(35)36/h4-14,16-17,23-24H,1-3H3,(H,31,32)(H,33,34)(H,35,36)/t16-,17+,23+,24-/m0/s1.